The number of pyridine rings is 1. The van der Waals surface area contributed by atoms with Crippen molar-refractivity contribution in [2.75, 3.05) is 0 Å². The molecule has 2 unspecified atom stereocenters. The fourth-order valence-electron chi connectivity index (χ4n) is 8.30. The Hall–Kier alpha value is -2.05. The summed E-state index contributed by atoms with van der Waals surface area (Å²) in [6.07, 6.45) is 10.3. The number of rotatable bonds is 1. The van der Waals surface area contributed by atoms with Gasteiger partial charge in [-0.3, -0.25) is 4.98 Å². The van der Waals surface area contributed by atoms with Crippen LogP contribution in [0.3, 0.4) is 0 Å². The molecule has 2 bridgehead atoms. The fraction of sp³-hybridized carbons (Fsp3) is 0.536. The normalized spacial score (nSPS) is 45.8. The molecule has 2 spiro atoms. The second-order valence-electron chi connectivity index (χ2n) is 11.3. The van der Waals surface area contributed by atoms with E-state index in [1.165, 1.54) is 21.9 Å². The summed E-state index contributed by atoms with van der Waals surface area (Å²) in [5.74, 6) is 0.840. The predicted octanol–water partition coefficient (Wildman–Crippen LogP) is 3.78. The number of aliphatic hydroxyl groups excluding tert-OH is 3. The van der Waals surface area contributed by atoms with Crippen LogP contribution in [-0.4, -0.2) is 49.8 Å². The van der Waals surface area contributed by atoms with Crippen LogP contribution in [0.4, 0.5) is 0 Å². The fourth-order valence-corrected chi connectivity index (χ4v) is 8.30. The van der Waals surface area contributed by atoms with Crippen molar-refractivity contribution in [2.45, 2.75) is 80.9 Å². The standard InChI is InChI=1S/C28H31NO4/c1-26-8-6-19-13-21-24(31)25(32)22(30)14-27(21)9-10-28(19,33-27)23(26)5-4-20(26)17-3-2-16-7-11-29-15-18(16)12-17/h2-3,6-7,11-13,15,20,22-25,30-32H,4-5,8-10,14H2,1H3/t20?,22-,23+,24-,25+,26+,27+,28?/m0/s1. The first-order chi connectivity index (χ1) is 15.9. The molecule has 3 aliphatic carbocycles. The van der Waals surface area contributed by atoms with Gasteiger partial charge in [-0.2, -0.15) is 0 Å². The first-order valence-electron chi connectivity index (χ1n) is 12.4. The van der Waals surface area contributed by atoms with Gasteiger partial charge < -0.3 is 20.1 Å². The number of aromatic nitrogens is 1. The summed E-state index contributed by atoms with van der Waals surface area (Å²) in [6, 6.07) is 8.90. The van der Waals surface area contributed by atoms with E-state index in [0.29, 0.717) is 18.3 Å². The largest absolute Gasteiger partial charge is 0.390 e. The highest BCUT2D eigenvalue weighted by molar-refractivity contribution is 5.82. The van der Waals surface area contributed by atoms with Crippen molar-refractivity contribution in [3.05, 3.63) is 65.5 Å². The lowest BCUT2D eigenvalue weighted by atomic mass is 9.58. The number of benzene rings is 1. The van der Waals surface area contributed by atoms with E-state index >= 15 is 0 Å². The van der Waals surface area contributed by atoms with Crippen molar-refractivity contribution in [1.82, 2.24) is 4.98 Å². The van der Waals surface area contributed by atoms with E-state index in [2.05, 4.69) is 48.3 Å². The summed E-state index contributed by atoms with van der Waals surface area (Å²) in [5, 5.41) is 34.0. The average Bonchev–Trinajstić information content (AvgIpc) is 3.33. The first kappa shape index (κ1) is 20.3. The molecular formula is C28H31NO4. The summed E-state index contributed by atoms with van der Waals surface area (Å²) in [7, 11) is 0. The molecular weight excluding hydrogens is 414 g/mol. The Labute approximate surface area is 193 Å². The molecule has 2 saturated carbocycles. The third-order valence-corrected chi connectivity index (χ3v) is 9.91. The van der Waals surface area contributed by atoms with Gasteiger partial charge in [-0.25, -0.2) is 0 Å². The van der Waals surface area contributed by atoms with Crippen LogP contribution in [0, 0.1) is 11.3 Å². The summed E-state index contributed by atoms with van der Waals surface area (Å²) >= 11 is 0. The van der Waals surface area contributed by atoms with E-state index in [0.717, 1.165) is 37.7 Å². The number of nitrogens with zero attached hydrogens (tertiary/aromatic N) is 1. The van der Waals surface area contributed by atoms with Crippen LogP contribution < -0.4 is 0 Å². The Bertz CT molecular complexity index is 1220. The zero-order chi connectivity index (χ0) is 22.6. The molecule has 33 heavy (non-hydrogen) atoms. The van der Waals surface area contributed by atoms with E-state index in [9.17, 15) is 15.3 Å². The Kier molecular flexibility index (Phi) is 4.03. The molecule has 1 saturated heterocycles. The number of allylic oxidation sites excluding steroid dienone is 1. The topological polar surface area (TPSA) is 82.8 Å². The zero-order valence-corrected chi connectivity index (χ0v) is 18.9. The number of hydrogen-bond donors (Lipinski definition) is 3. The number of ether oxygens (including phenoxy) is 1. The Morgan fingerprint density at radius 1 is 1.06 bits per heavy atom. The van der Waals surface area contributed by atoms with Crippen LogP contribution in [0.25, 0.3) is 10.8 Å². The molecule has 0 amide bonds. The molecule has 3 fully saturated rings. The maximum Gasteiger partial charge on any atom is 0.110 e. The third kappa shape index (κ3) is 2.49. The second-order valence-corrected chi connectivity index (χ2v) is 11.3. The molecule has 3 heterocycles. The van der Waals surface area contributed by atoms with E-state index < -0.39 is 23.9 Å². The SMILES string of the molecule is C[C@]12CC=C3C=C4[C@H](O)[C@H](O)[C@@H](O)C[C@]45CCC3(O5)[C@@H]1CCC2c1ccc2ccncc2c1. The quantitative estimate of drug-likeness (QED) is 0.622. The van der Waals surface area contributed by atoms with Gasteiger partial charge in [0.05, 0.1) is 17.3 Å². The first-order valence-corrected chi connectivity index (χ1v) is 12.4. The number of fused-ring (bicyclic) bond motifs is 2. The Morgan fingerprint density at radius 2 is 1.94 bits per heavy atom. The number of aliphatic hydroxyl groups is 3. The van der Waals surface area contributed by atoms with E-state index in [4.69, 9.17) is 4.74 Å². The molecule has 0 radical (unpaired) electrons. The zero-order valence-electron chi connectivity index (χ0n) is 18.9. The molecule has 5 heteroatoms. The molecule has 2 aliphatic heterocycles. The van der Waals surface area contributed by atoms with Gasteiger partial charge >= 0.3 is 0 Å². The smallest absolute Gasteiger partial charge is 0.110 e. The highest BCUT2D eigenvalue weighted by Crippen LogP contribution is 2.69. The van der Waals surface area contributed by atoms with Gasteiger partial charge in [-0.1, -0.05) is 31.2 Å². The highest BCUT2D eigenvalue weighted by Gasteiger charge is 2.68. The van der Waals surface area contributed by atoms with Gasteiger partial charge in [-0.15, -0.1) is 0 Å². The monoisotopic (exact) mass is 445 g/mol. The van der Waals surface area contributed by atoms with Crippen molar-refractivity contribution in [2.24, 2.45) is 11.3 Å². The van der Waals surface area contributed by atoms with Crippen LogP contribution in [0.2, 0.25) is 0 Å². The molecule has 1 aromatic carbocycles. The molecule has 8 atom stereocenters. The van der Waals surface area contributed by atoms with Crippen LogP contribution in [0.5, 0.6) is 0 Å². The molecule has 7 rings (SSSR count). The maximum absolute atomic E-state index is 10.8. The summed E-state index contributed by atoms with van der Waals surface area (Å²) in [5.41, 5.74) is 2.41. The van der Waals surface area contributed by atoms with Gasteiger partial charge in [0.25, 0.3) is 0 Å². The predicted molar refractivity (Wildman–Crippen MR) is 125 cm³/mol. The third-order valence-electron chi connectivity index (χ3n) is 9.91. The van der Waals surface area contributed by atoms with Crippen molar-refractivity contribution in [1.29, 1.82) is 0 Å². The molecule has 1 aromatic heterocycles. The molecule has 172 valence electrons. The van der Waals surface area contributed by atoms with Gasteiger partial charge in [-0.05, 0) is 83.6 Å². The molecule has 5 aliphatic rings. The summed E-state index contributed by atoms with van der Waals surface area (Å²) in [6.45, 7) is 2.44. The average molecular weight is 446 g/mol. The van der Waals surface area contributed by atoms with Crippen LogP contribution >= 0.6 is 0 Å². The summed E-state index contributed by atoms with van der Waals surface area (Å²) < 4.78 is 7.03. The lowest BCUT2D eigenvalue weighted by Gasteiger charge is -2.55. The lowest BCUT2D eigenvalue weighted by molar-refractivity contribution is -0.176. The minimum absolute atomic E-state index is 0.0850. The minimum Gasteiger partial charge on any atom is -0.390 e. The van der Waals surface area contributed by atoms with Gasteiger partial charge in [0.2, 0.25) is 0 Å². The van der Waals surface area contributed by atoms with Gasteiger partial charge in [0, 0.05) is 24.2 Å². The van der Waals surface area contributed by atoms with E-state index in [1.807, 2.05) is 12.4 Å². The van der Waals surface area contributed by atoms with E-state index in [1.54, 1.807) is 0 Å². The highest BCUT2D eigenvalue weighted by atomic mass is 16.5. The van der Waals surface area contributed by atoms with Crippen LogP contribution in [-0.2, 0) is 4.74 Å². The van der Waals surface area contributed by atoms with Crippen LogP contribution in [0.15, 0.2) is 60.0 Å². The maximum atomic E-state index is 10.8. The van der Waals surface area contributed by atoms with E-state index in [-0.39, 0.29) is 11.0 Å². The Morgan fingerprint density at radius 3 is 2.82 bits per heavy atom. The van der Waals surface area contributed by atoms with Gasteiger partial charge in [0.15, 0.2) is 0 Å². The van der Waals surface area contributed by atoms with Crippen molar-refractivity contribution < 1.29 is 20.1 Å². The van der Waals surface area contributed by atoms with Crippen molar-refractivity contribution in [3.8, 4) is 0 Å². The van der Waals surface area contributed by atoms with Crippen molar-refractivity contribution in [3.63, 3.8) is 0 Å². The molecule has 2 aromatic rings. The molecule has 3 N–H and O–H groups in total. The Balaban J connectivity index is 1.31. The van der Waals surface area contributed by atoms with Gasteiger partial charge in [0.1, 0.15) is 12.2 Å². The molecule has 5 nitrogen and oxygen atoms in total. The van der Waals surface area contributed by atoms with Crippen LogP contribution in [0.1, 0.15) is 56.9 Å². The second kappa shape index (κ2) is 6.54. The minimum atomic E-state index is -1.15. The summed E-state index contributed by atoms with van der Waals surface area (Å²) in [4.78, 5) is 4.32. The lowest BCUT2D eigenvalue weighted by Crippen LogP contribution is -2.59. The number of hydrogen-bond acceptors (Lipinski definition) is 5. The van der Waals surface area contributed by atoms with Crippen molar-refractivity contribution >= 4 is 10.8 Å².